The number of nitrogens with one attached hydrogen (secondary N) is 1. The van der Waals surface area contributed by atoms with Crippen molar-refractivity contribution >= 4 is 23.3 Å². The van der Waals surface area contributed by atoms with Crippen molar-refractivity contribution in [3.8, 4) is 11.5 Å². The quantitative estimate of drug-likeness (QED) is 0.742. The van der Waals surface area contributed by atoms with Crippen LogP contribution < -0.4 is 19.7 Å². The second-order valence-corrected chi connectivity index (χ2v) is 7.37. The van der Waals surface area contributed by atoms with Crippen molar-refractivity contribution in [1.29, 1.82) is 0 Å². The molecule has 7 heteroatoms. The summed E-state index contributed by atoms with van der Waals surface area (Å²) >= 11 is 0. The molecule has 2 aromatic rings. The van der Waals surface area contributed by atoms with Gasteiger partial charge < -0.3 is 24.8 Å². The highest BCUT2D eigenvalue weighted by Gasteiger charge is 2.30. The van der Waals surface area contributed by atoms with E-state index in [1.165, 1.54) is 12.8 Å². The minimum atomic E-state index is -0.952. The fourth-order valence-electron chi connectivity index (χ4n) is 3.91. The molecule has 0 bridgehead atoms. The average Bonchev–Trinajstić information content (AvgIpc) is 3.34. The molecule has 1 saturated carbocycles. The maximum atomic E-state index is 13.0. The lowest BCUT2D eigenvalue weighted by atomic mass is 10.1. The number of ether oxygens (including phenoxy) is 2. The molecule has 2 N–H and O–H groups in total. The summed E-state index contributed by atoms with van der Waals surface area (Å²) in [4.78, 5) is 25.5. The molecule has 7 nitrogen and oxygen atoms in total. The maximum absolute atomic E-state index is 13.0. The molecule has 0 spiro atoms. The number of methoxy groups -OCH3 is 1. The van der Waals surface area contributed by atoms with Crippen LogP contribution in [-0.4, -0.2) is 36.7 Å². The van der Waals surface area contributed by atoms with Crippen LogP contribution in [0, 0.1) is 0 Å². The van der Waals surface area contributed by atoms with Crippen LogP contribution in [0.5, 0.6) is 11.5 Å². The first-order valence-electron chi connectivity index (χ1n) is 9.80. The van der Waals surface area contributed by atoms with Gasteiger partial charge in [-0.15, -0.1) is 0 Å². The van der Waals surface area contributed by atoms with Crippen molar-refractivity contribution in [2.45, 2.75) is 38.3 Å². The summed E-state index contributed by atoms with van der Waals surface area (Å²) in [6.45, 7) is 0.264. The van der Waals surface area contributed by atoms with Gasteiger partial charge in [0.2, 0.25) is 0 Å². The van der Waals surface area contributed by atoms with E-state index in [0.29, 0.717) is 29.3 Å². The van der Waals surface area contributed by atoms with Crippen LogP contribution in [0.2, 0.25) is 0 Å². The third-order valence-electron chi connectivity index (χ3n) is 5.41. The molecule has 0 unspecified atom stereocenters. The summed E-state index contributed by atoms with van der Waals surface area (Å²) in [6.07, 6.45) is 4.60. The van der Waals surface area contributed by atoms with E-state index in [2.05, 4.69) is 5.32 Å². The summed E-state index contributed by atoms with van der Waals surface area (Å²) in [5.74, 6) is 0.247. The minimum absolute atomic E-state index is 0.115. The van der Waals surface area contributed by atoms with E-state index >= 15 is 0 Å². The Morgan fingerprint density at radius 1 is 1.17 bits per heavy atom. The maximum Gasteiger partial charge on any atom is 0.322 e. The number of amides is 1. The molecule has 1 aliphatic carbocycles. The van der Waals surface area contributed by atoms with Crippen molar-refractivity contribution in [1.82, 2.24) is 0 Å². The van der Waals surface area contributed by atoms with E-state index < -0.39 is 5.97 Å². The average molecular weight is 396 g/mol. The Balaban J connectivity index is 1.56. The number of carbonyl (C=O) groups excluding carboxylic acids is 1. The van der Waals surface area contributed by atoms with Crippen molar-refractivity contribution in [2.75, 3.05) is 23.9 Å². The lowest BCUT2D eigenvalue weighted by molar-refractivity contribution is -0.134. The number of aliphatic carboxylic acids is 1. The van der Waals surface area contributed by atoms with Crippen LogP contribution in [0.1, 0.15) is 41.6 Å². The Morgan fingerprint density at radius 3 is 2.69 bits per heavy atom. The van der Waals surface area contributed by atoms with Gasteiger partial charge in [0.25, 0.3) is 5.91 Å². The van der Waals surface area contributed by atoms with Crippen LogP contribution in [-0.2, 0) is 11.3 Å². The standard InChI is InChI=1S/C22H24N2O5/c1-28-19-9-8-16(11-20(19)29-17-4-2-3-5-17)24-13-14-6-7-15(23-12-21(25)26)10-18(14)22(24)27/h6-11,17,23H,2-5,12-13H2,1H3,(H,25,26). The zero-order valence-corrected chi connectivity index (χ0v) is 16.3. The molecule has 152 valence electrons. The first kappa shape index (κ1) is 19.1. The lowest BCUT2D eigenvalue weighted by Gasteiger charge is -2.20. The third-order valence-corrected chi connectivity index (χ3v) is 5.41. The molecular weight excluding hydrogens is 372 g/mol. The van der Waals surface area contributed by atoms with E-state index in [1.807, 2.05) is 24.3 Å². The molecule has 0 aromatic heterocycles. The van der Waals surface area contributed by atoms with E-state index in [4.69, 9.17) is 14.6 Å². The van der Waals surface area contributed by atoms with Gasteiger partial charge in [0.15, 0.2) is 11.5 Å². The number of rotatable bonds is 7. The molecule has 1 fully saturated rings. The number of nitrogens with zero attached hydrogens (tertiary/aromatic N) is 1. The van der Waals surface area contributed by atoms with Crippen LogP contribution in [0.4, 0.5) is 11.4 Å². The monoisotopic (exact) mass is 396 g/mol. The predicted molar refractivity (Wildman–Crippen MR) is 109 cm³/mol. The van der Waals surface area contributed by atoms with E-state index in [0.717, 1.165) is 24.1 Å². The molecule has 1 aliphatic heterocycles. The smallest absolute Gasteiger partial charge is 0.322 e. The fourth-order valence-corrected chi connectivity index (χ4v) is 3.91. The topological polar surface area (TPSA) is 88.1 Å². The van der Waals surface area contributed by atoms with E-state index in [-0.39, 0.29) is 18.6 Å². The van der Waals surface area contributed by atoms with Gasteiger partial charge in [-0.25, -0.2) is 0 Å². The minimum Gasteiger partial charge on any atom is -0.493 e. The molecule has 2 aromatic carbocycles. The van der Waals surface area contributed by atoms with Crippen LogP contribution in [0.25, 0.3) is 0 Å². The van der Waals surface area contributed by atoms with Crippen LogP contribution in [0.15, 0.2) is 36.4 Å². The van der Waals surface area contributed by atoms with Gasteiger partial charge in [-0.05, 0) is 55.5 Å². The number of fused-ring (bicyclic) bond motifs is 1. The van der Waals surface area contributed by atoms with Crippen molar-refractivity contribution < 1.29 is 24.2 Å². The Hall–Kier alpha value is -3.22. The molecule has 0 atom stereocenters. The summed E-state index contributed by atoms with van der Waals surface area (Å²) in [5.41, 5.74) is 2.85. The molecule has 0 radical (unpaired) electrons. The molecule has 0 saturated heterocycles. The predicted octanol–water partition coefficient (Wildman–Crippen LogP) is 3.67. The van der Waals surface area contributed by atoms with E-state index in [1.54, 1.807) is 24.1 Å². The first-order chi connectivity index (χ1) is 14.0. The number of carboxylic acid groups (broad SMARTS) is 1. The summed E-state index contributed by atoms with van der Waals surface area (Å²) in [5, 5.41) is 11.6. The van der Waals surface area contributed by atoms with Crippen molar-refractivity contribution in [3.05, 3.63) is 47.5 Å². The second-order valence-electron chi connectivity index (χ2n) is 7.37. The summed E-state index contributed by atoms with van der Waals surface area (Å²) < 4.78 is 11.6. The van der Waals surface area contributed by atoms with Gasteiger partial charge in [-0.1, -0.05) is 6.07 Å². The van der Waals surface area contributed by atoms with E-state index in [9.17, 15) is 9.59 Å². The molecule has 2 aliphatic rings. The lowest BCUT2D eigenvalue weighted by Crippen LogP contribution is -2.23. The van der Waals surface area contributed by atoms with Crippen molar-refractivity contribution in [2.24, 2.45) is 0 Å². The highest BCUT2D eigenvalue weighted by molar-refractivity contribution is 6.10. The summed E-state index contributed by atoms with van der Waals surface area (Å²) in [7, 11) is 1.61. The number of carboxylic acids is 1. The zero-order valence-electron chi connectivity index (χ0n) is 16.3. The third kappa shape index (κ3) is 3.99. The summed E-state index contributed by atoms with van der Waals surface area (Å²) in [6, 6.07) is 10.9. The number of benzene rings is 2. The SMILES string of the molecule is COc1ccc(N2Cc3ccc(NCC(=O)O)cc3C2=O)cc1OC1CCCC1. The van der Waals surface area contributed by atoms with Gasteiger partial charge in [0.1, 0.15) is 6.54 Å². The number of hydrogen-bond acceptors (Lipinski definition) is 5. The van der Waals surface area contributed by atoms with Gasteiger partial charge in [0, 0.05) is 23.0 Å². The second kappa shape index (κ2) is 8.03. The molecule has 1 heterocycles. The van der Waals surface area contributed by atoms with Gasteiger partial charge in [-0.3, -0.25) is 9.59 Å². The molecule has 4 rings (SSSR count). The van der Waals surface area contributed by atoms with Gasteiger partial charge in [0.05, 0.1) is 19.8 Å². The van der Waals surface area contributed by atoms with Crippen LogP contribution >= 0.6 is 0 Å². The Morgan fingerprint density at radius 2 is 1.97 bits per heavy atom. The number of carbonyl (C=O) groups is 2. The molecule has 29 heavy (non-hydrogen) atoms. The fraction of sp³-hybridized carbons (Fsp3) is 0.364. The normalized spacial score (nSPS) is 16.0. The number of anilines is 2. The zero-order chi connectivity index (χ0) is 20.4. The van der Waals surface area contributed by atoms with Gasteiger partial charge >= 0.3 is 5.97 Å². The first-order valence-corrected chi connectivity index (χ1v) is 9.80. The van der Waals surface area contributed by atoms with Crippen molar-refractivity contribution in [3.63, 3.8) is 0 Å². The highest BCUT2D eigenvalue weighted by atomic mass is 16.5. The Labute approximate surface area is 169 Å². The Bertz CT molecular complexity index is 937. The molecule has 1 amide bonds. The Kier molecular flexibility index (Phi) is 5.29. The number of hydrogen-bond donors (Lipinski definition) is 2. The highest BCUT2D eigenvalue weighted by Crippen LogP contribution is 2.37. The van der Waals surface area contributed by atoms with Gasteiger partial charge in [-0.2, -0.15) is 0 Å². The largest absolute Gasteiger partial charge is 0.493 e. The molecular formula is C22H24N2O5. The van der Waals surface area contributed by atoms with Crippen LogP contribution in [0.3, 0.4) is 0 Å².